The van der Waals surface area contributed by atoms with Gasteiger partial charge in [0.15, 0.2) is 11.5 Å². The average Bonchev–Trinajstić information content (AvgIpc) is 2.78. The zero-order valence-electron chi connectivity index (χ0n) is 16.8. The highest BCUT2D eigenvalue weighted by Gasteiger charge is 2.14. The summed E-state index contributed by atoms with van der Waals surface area (Å²) < 4.78 is 10.5. The van der Waals surface area contributed by atoms with Crippen LogP contribution in [-0.2, 0) is 6.54 Å². The van der Waals surface area contributed by atoms with Crippen molar-refractivity contribution in [1.82, 2.24) is 9.97 Å². The Morgan fingerprint density at radius 3 is 2.45 bits per heavy atom. The highest BCUT2D eigenvalue weighted by atomic mass is 16.5. The van der Waals surface area contributed by atoms with Crippen LogP contribution >= 0.6 is 0 Å². The first-order valence-electron chi connectivity index (χ1n) is 9.29. The van der Waals surface area contributed by atoms with Crippen molar-refractivity contribution in [2.24, 2.45) is 0 Å². The molecule has 3 rings (SSSR count). The van der Waals surface area contributed by atoms with Gasteiger partial charge in [-0.1, -0.05) is 30.3 Å². The molecule has 7 nitrogen and oxygen atoms in total. The van der Waals surface area contributed by atoms with Crippen molar-refractivity contribution < 1.29 is 14.3 Å². The van der Waals surface area contributed by atoms with Crippen molar-refractivity contribution in [3.05, 3.63) is 72.2 Å². The summed E-state index contributed by atoms with van der Waals surface area (Å²) in [6.07, 6.45) is 1.41. The van der Waals surface area contributed by atoms with Gasteiger partial charge in [0.25, 0.3) is 5.91 Å². The summed E-state index contributed by atoms with van der Waals surface area (Å²) in [6, 6.07) is 17.0. The lowest BCUT2D eigenvalue weighted by Crippen LogP contribution is -2.24. The van der Waals surface area contributed by atoms with Gasteiger partial charge in [-0.05, 0) is 24.6 Å². The molecule has 0 aliphatic heterocycles. The van der Waals surface area contributed by atoms with Gasteiger partial charge in [-0.15, -0.1) is 0 Å². The Bertz CT molecular complexity index is 963. The number of benzene rings is 2. The summed E-state index contributed by atoms with van der Waals surface area (Å²) in [4.78, 5) is 23.3. The van der Waals surface area contributed by atoms with E-state index >= 15 is 0 Å². The van der Waals surface area contributed by atoms with E-state index in [0.717, 1.165) is 6.54 Å². The van der Waals surface area contributed by atoms with Crippen LogP contribution in [0.3, 0.4) is 0 Å². The molecule has 1 amide bonds. The summed E-state index contributed by atoms with van der Waals surface area (Å²) in [5.41, 5.74) is 2.05. The first-order valence-corrected chi connectivity index (χ1v) is 9.29. The number of nitrogens with zero attached hydrogens (tertiary/aromatic N) is 3. The van der Waals surface area contributed by atoms with E-state index in [2.05, 4.69) is 39.2 Å². The second-order valence-corrected chi connectivity index (χ2v) is 6.29. The van der Waals surface area contributed by atoms with E-state index in [-0.39, 0.29) is 11.6 Å². The summed E-state index contributed by atoms with van der Waals surface area (Å²) in [5, 5.41) is 2.83. The van der Waals surface area contributed by atoms with Crippen LogP contribution in [0.25, 0.3) is 0 Å². The van der Waals surface area contributed by atoms with Crippen molar-refractivity contribution >= 4 is 17.4 Å². The normalized spacial score (nSPS) is 10.3. The van der Waals surface area contributed by atoms with Gasteiger partial charge in [0.05, 0.1) is 14.2 Å². The largest absolute Gasteiger partial charge is 0.493 e. The highest BCUT2D eigenvalue weighted by Crippen LogP contribution is 2.30. The Morgan fingerprint density at radius 2 is 1.76 bits per heavy atom. The number of anilines is 2. The van der Waals surface area contributed by atoms with E-state index in [1.54, 1.807) is 38.5 Å². The molecular formula is C22H24N4O3. The van der Waals surface area contributed by atoms with Crippen LogP contribution in [-0.4, -0.2) is 36.6 Å². The monoisotopic (exact) mass is 392 g/mol. The van der Waals surface area contributed by atoms with Gasteiger partial charge in [-0.25, -0.2) is 9.97 Å². The molecule has 1 aromatic heterocycles. The maximum Gasteiger partial charge on any atom is 0.274 e. The minimum absolute atomic E-state index is 0.288. The molecule has 0 saturated heterocycles. The predicted molar refractivity (Wildman–Crippen MR) is 113 cm³/mol. The Balaban J connectivity index is 1.76. The van der Waals surface area contributed by atoms with Crippen molar-refractivity contribution in [2.45, 2.75) is 13.5 Å². The first-order chi connectivity index (χ1) is 14.1. The van der Waals surface area contributed by atoms with E-state index in [4.69, 9.17) is 9.47 Å². The second-order valence-electron chi connectivity index (χ2n) is 6.29. The Hall–Kier alpha value is -3.61. The van der Waals surface area contributed by atoms with Crippen LogP contribution in [0, 0.1) is 0 Å². The fourth-order valence-electron chi connectivity index (χ4n) is 2.91. The molecule has 0 radical (unpaired) electrons. The number of carbonyl (C=O) groups is 1. The number of carbonyl (C=O) groups excluding carboxylic acids is 1. The molecule has 0 bridgehead atoms. The molecule has 150 valence electrons. The molecule has 0 aliphatic carbocycles. The topological polar surface area (TPSA) is 76.6 Å². The molecule has 29 heavy (non-hydrogen) atoms. The first kappa shape index (κ1) is 20.1. The van der Waals surface area contributed by atoms with Gasteiger partial charge >= 0.3 is 0 Å². The quantitative estimate of drug-likeness (QED) is 0.629. The summed E-state index contributed by atoms with van der Waals surface area (Å²) in [7, 11) is 3.11. The van der Waals surface area contributed by atoms with E-state index in [1.807, 2.05) is 18.2 Å². The molecular weight excluding hydrogens is 368 g/mol. The lowest BCUT2D eigenvalue weighted by molar-refractivity contribution is 0.102. The Morgan fingerprint density at radius 1 is 1.00 bits per heavy atom. The highest BCUT2D eigenvalue weighted by molar-refractivity contribution is 6.03. The SMILES string of the molecule is CCN(Cc1ccccc1)c1cc(C(=O)Nc2ccc(OC)c(OC)c2)ncn1. The Kier molecular flexibility index (Phi) is 6.63. The molecule has 7 heteroatoms. The maximum absolute atomic E-state index is 12.7. The smallest absolute Gasteiger partial charge is 0.274 e. The molecule has 3 aromatic rings. The number of methoxy groups -OCH3 is 2. The van der Waals surface area contributed by atoms with Gasteiger partial charge in [-0.3, -0.25) is 4.79 Å². The van der Waals surface area contributed by atoms with E-state index in [0.29, 0.717) is 29.5 Å². The van der Waals surface area contributed by atoms with Crippen molar-refractivity contribution in [1.29, 1.82) is 0 Å². The fraction of sp³-hybridized carbons (Fsp3) is 0.227. The van der Waals surface area contributed by atoms with Gasteiger partial charge in [0.1, 0.15) is 17.8 Å². The zero-order valence-corrected chi connectivity index (χ0v) is 16.8. The van der Waals surface area contributed by atoms with Gasteiger partial charge in [0, 0.05) is 30.9 Å². The number of hydrogen-bond donors (Lipinski definition) is 1. The molecule has 0 fully saturated rings. The molecule has 0 spiro atoms. The third-order valence-corrected chi connectivity index (χ3v) is 4.45. The molecule has 0 aliphatic rings. The third kappa shape index (κ3) is 5.01. The van der Waals surface area contributed by atoms with Crippen LogP contribution in [0.2, 0.25) is 0 Å². The van der Waals surface area contributed by atoms with Crippen LogP contribution in [0.15, 0.2) is 60.9 Å². The number of aromatic nitrogens is 2. The predicted octanol–water partition coefficient (Wildman–Crippen LogP) is 3.77. The van der Waals surface area contributed by atoms with Crippen molar-refractivity contribution in [3.63, 3.8) is 0 Å². The standard InChI is InChI=1S/C22H24N4O3/c1-4-26(14-16-8-6-5-7-9-16)21-13-18(23-15-24-21)22(27)25-17-10-11-19(28-2)20(12-17)29-3/h5-13,15H,4,14H2,1-3H3,(H,25,27). The number of rotatable bonds is 8. The van der Waals surface area contributed by atoms with Crippen LogP contribution in [0.1, 0.15) is 23.0 Å². The van der Waals surface area contributed by atoms with Crippen LogP contribution in [0.5, 0.6) is 11.5 Å². The van der Waals surface area contributed by atoms with E-state index < -0.39 is 0 Å². The number of hydrogen-bond acceptors (Lipinski definition) is 6. The average molecular weight is 392 g/mol. The van der Waals surface area contributed by atoms with E-state index in [1.165, 1.54) is 11.9 Å². The summed E-state index contributed by atoms with van der Waals surface area (Å²) in [6.45, 7) is 3.50. The number of ether oxygens (including phenoxy) is 2. The Labute approximate surface area is 170 Å². The van der Waals surface area contributed by atoms with Gasteiger partial charge in [-0.2, -0.15) is 0 Å². The maximum atomic E-state index is 12.7. The summed E-state index contributed by atoms with van der Waals surface area (Å²) in [5.74, 6) is 1.50. The van der Waals surface area contributed by atoms with Crippen LogP contribution in [0.4, 0.5) is 11.5 Å². The van der Waals surface area contributed by atoms with Crippen molar-refractivity contribution in [2.75, 3.05) is 31.0 Å². The van der Waals surface area contributed by atoms with Gasteiger partial charge < -0.3 is 19.7 Å². The summed E-state index contributed by atoms with van der Waals surface area (Å²) >= 11 is 0. The molecule has 0 unspecified atom stereocenters. The second kappa shape index (κ2) is 9.54. The van der Waals surface area contributed by atoms with Crippen molar-refractivity contribution in [3.8, 4) is 11.5 Å². The van der Waals surface area contributed by atoms with Gasteiger partial charge in [0.2, 0.25) is 0 Å². The minimum atomic E-state index is -0.323. The fourth-order valence-corrected chi connectivity index (χ4v) is 2.91. The molecule has 1 heterocycles. The zero-order chi connectivity index (χ0) is 20.6. The molecule has 2 aromatic carbocycles. The number of nitrogens with one attached hydrogen (secondary N) is 1. The lowest BCUT2D eigenvalue weighted by Gasteiger charge is -2.22. The third-order valence-electron chi connectivity index (χ3n) is 4.45. The van der Waals surface area contributed by atoms with E-state index in [9.17, 15) is 4.79 Å². The molecule has 0 saturated carbocycles. The lowest BCUT2D eigenvalue weighted by atomic mass is 10.2. The molecule has 0 atom stereocenters. The van der Waals surface area contributed by atoms with Crippen LogP contribution < -0.4 is 19.7 Å². The molecule has 1 N–H and O–H groups in total. The number of amides is 1. The minimum Gasteiger partial charge on any atom is -0.493 e.